The molecule has 0 aliphatic carbocycles. The Morgan fingerprint density at radius 2 is 2.19 bits per heavy atom. The predicted molar refractivity (Wildman–Crippen MR) is 111 cm³/mol. The van der Waals surface area contributed by atoms with Crippen LogP contribution in [-0.2, 0) is 0 Å². The summed E-state index contributed by atoms with van der Waals surface area (Å²) in [5.41, 5.74) is 10.5. The van der Waals surface area contributed by atoms with E-state index in [0.717, 1.165) is 39.1 Å². The zero-order valence-electron chi connectivity index (χ0n) is 14.9. The smallest absolute Gasteiger partial charge is 0.255 e. The van der Waals surface area contributed by atoms with E-state index in [1.807, 2.05) is 41.9 Å². The lowest BCUT2D eigenvalue weighted by Crippen LogP contribution is -2.14. The number of nitrogens with two attached hydrogens (primary N) is 1. The number of hydrogen-bond acceptors (Lipinski definition) is 4. The molecule has 27 heavy (non-hydrogen) atoms. The van der Waals surface area contributed by atoms with Crippen molar-refractivity contribution >= 4 is 34.0 Å². The molecule has 1 aromatic carbocycles. The van der Waals surface area contributed by atoms with Crippen LogP contribution in [0.1, 0.15) is 35.3 Å². The Balaban J connectivity index is 1.70. The van der Waals surface area contributed by atoms with Gasteiger partial charge >= 0.3 is 0 Å². The minimum Gasteiger partial charge on any atom is -0.346 e. The molecule has 0 fully saturated rings. The number of benzene rings is 1. The standard InChI is InChI=1S/C21H20N4OS/c1-2-17(22)14-6-5-13(12-16(14)19-4-3-11-27-19)21(26)25-18-8-10-24-20-15(18)7-9-23-20/h3-12,17H,2,22H2,1H3,(H2,23,24,25,26)/t17-/m0/s1. The molecule has 0 saturated carbocycles. The lowest BCUT2D eigenvalue weighted by atomic mass is 9.95. The molecule has 0 aliphatic heterocycles. The van der Waals surface area contributed by atoms with E-state index in [2.05, 4.69) is 28.3 Å². The lowest BCUT2D eigenvalue weighted by Gasteiger charge is -2.16. The number of pyridine rings is 1. The first-order chi connectivity index (χ1) is 13.2. The van der Waals surface area contributed by atoms with Gasteiger partial charge in [-0.05, 0) is 53.3 Å². The molecule has 4 aromatic rings. The number of aromatic amines is 1. The van der Waals surface area contributed by atoms with E-state index in [-0.39, 0.29) is 11.9 Å². The van der Waals surface area contributed by atoms with E-state index < -0.39 is 0 Å². The summed E-state index contributed by atoms with van der Waals surface area (Å²) in [5, 5.41) is 5.91. The zero-order valence-corrected chi connectivity index (χ0v) is 15.7. The summed E-state index contributed by atoms with van der Waals surface area (Å²) in [5.74, 6) is -0.155. The number of nitrogens with one attached hydrogen (secondary N) is 2. The Bertz CT molecular complexity index is 1080. The minimum atomic E-state index is -0.155. The Morgan fingerprint density at radius 3 is 2.96 bits per heavy atom. The number of nitrogens with zero attached hydrogens (tertiary/aromatic N) is 1. The van der Waals surface area contributed by atoms with E-state index in [4.69, 9.17) is 5.73 Å². The average Bonchev–Trinajstić information content (AvgIpc) is 3.39. The Kier molecular flexibility index (Phi) is 4.75. The number of thiophene rings is 1. The van der Waals surface area contributed by atoms with Gasteiger partial charge in [0.15, 0.2) is 0 Å². The monoisotopic (exact) mass is 376 g/mol. The van der Waals surface area contributed by atoms with E-state index in [0.29, 0.717) is 5.56 Å². The van der Waals surface area contributed by atoms with Gasteiger partial charge in [-0.3, -0.25) is 4.79 Å². The molecule has 1 atom stereocenters. The molecule has 0 aliphatic rings. The van der Waals surface area contributed by atoms with Crippen molar-refractivity contribution in [1.82, 2.24) is 9.97 Å². The van der Waals surface area contributed by atoms with Crippen molar-refractivity contribution in [3.8, 4) is 10.4 Å². The van der Waals surface area contributed by atoms with Gasteiger partial charge < -0.3 is 16.0 Å². The first-order valence-electron chi connectivity index (χ1n) is 8.84. The fourth-order valence-electron chi connectivity index (χ4n) is 3.15. The molecule has 5 nitrogen and oxygen atoms in total. The molecule has 3 heterocycles. The molecular weight excluding hydrogens is 356 g/mol. The van der Waals surface area contributed by atoms with Crippen LogP contribution in [0.2, 0.25) is 0 Å². The predicted octanol–water partition coefficient (Wildman–Crippen LogP) is 4.95. The molecular formula is C21H20N4OS. The molecule has 4 rings (SSSR count). The van der Waals surface area contributed by atoms with Gasteiger partial charge in [0.1, 0.15) is 5.65 Å². The fourth-order valence-corrected chi connectivity index (χ4v) is 3.91. The second-order valence-electron chi connectivity index (χ2n) is 6.35. The highest BCUT2D eigenvalue weighted by molar-refractivity contribution is 7.13. The molecule has 6 heteroatoms. The molecule has 0 radical (unpaired) electrons. The molecule has 0 bridgehead atoms. The van der Waals surface area contributed by atoms with Gasteiger partial charge in [-0.25, -0.2) is 4.98 Å². The van der Waals surface area contributed by atoms with Crippen molar-refractivity contribution in [2.45, 2.75) is 19.4 Å². The maximum atomic E-state index is 12.9. The van der Waals surface area contributed by atoms with E-state index in [1.54, 1.807) is 23.6 Å². The van der Waals surface area contributed by atoms with Gasteiger partial charge in [-0.15, -0.1) is 11.3 Å². The van der Waals surface area contributed by atoms with Crippen molar-refractivity contribution in [2.75, 3.05) is 5.32 Å². The third-order valence-electron chi connectivity index (χ3n) is 4.65. The number of aromatic nitrogens is 2. The number of amides is 1. The molecule has 0 spiro atoms. The maximum absolute atomic E-state index is 12.9. The second kappa shape index (κ2) is 7.34. The van der Waals surface area contributed by atoms with Crippen molar-refractivity contribution in [3.63, 3.8) is 0 Å². The highest BCUT2D eigenvalue weighted by Crippen LogP contribution is 2.33. The van der Waals surface area contributed by atoms with Crippen LogP contribution < -0.4 is 11.1 Å². The number of anilines is 1. The van der Waals surface area contributed by atoms with Gasteiger partial charge in [0.05, 0.1) is 5.69 Å². The van der Waals surface area contributed by atoms with Crippen molar-refractivity contribution in [1.29, 1.82) is 0 Å². The van der Waals surface area contributed by atoms with Gasteiger partial charge in [0.2, 0.25) is 0 Å². The van der Waals surface area contributed by atoms with E-state index >= 15 is 0 Å². The number of carbonyl (C=O) groups excluding carboxylic acids is 1. The largest absolute Gasteiger partial charge is 0.346 e. The average molecular weight is 376 g/mol. The van der Waals surface area contributed by atoms with Gasteiger partial charge in [0, 0.05) is 34.3 Å². The van der Waals surface area contributed by atoms with Crippen LogP contribution in [0.15, 0.2) is 60.2 Å². The first-order valence-corrected chi connectivity index (χ1v) is 9.72. The topological polar surface area (TPSA) is 83.8 Å². The summed E-state index contributed by atoms with van der Waals surface area (Å²) in [6, 6.07) is 13.4. The highest BCUT2D eigenvalue weighted by atomic mass is 32.1. The van der Waals surface area contributed by atoms with Crippen LogP contribution in [0, 0.1) is 0 Å². The Morgan fingerprint density at radius 1 is 1.30 bits per heavy atom. The molecule has 0 unspecified atom stereocenters. The molecule has 1 amide bonds. The number of carbonyl (C=O) groups is 1. The summed E-state index contributed by atoms with van der Waals surface area (Å²) in [7, 11) is 0. The summed E-state index contributed by atoms with van der Waals surface area (Å²) in [4.78, 5) is 21.3. The maximum Gasteiger partial charge on any atom is 0.255 e. The third-order valence-corrected chi connectivity index (χ3v) is 5.55. The molecule has 3 aromatic heterocycles. The van der Waals surface area contributed by atoms with Crippen LogP contribution in [0.4, 0.5) is 5.69 Å². The SMILES string of the molecule is CC[C@H](N)c1ccc(C(=O)Nc2ccnc3[nH]ccc23)cc1-c1cccs1. The van der Waals surface area contributed by atoms with Crippen LogP contribution >= 0.6 is 11.3 Å². The molecule has 136 valence electrons. The molecule has 4 N–H and O–H groups in total. The summed E-state index contributed by atoms with van der Waals surface area (Å²) < 4.78 is 0. The number of hydrogen-bond donors (Lipinski definition) is 3. The van der Waals surface area contributed by atoms with Crippen molar-refractivity contribution in [2.24, 2.45) is 5.73 Å². The van der Waals surface area contributed by atoms with Gasteiger partial charge in [0.25, 0.3) is 5.91 Å². The molecule has 0 saturated heterocycles. The Labute approximate surface area is 161 Å². The van der Waals surface area contributed by atoms with Crippen molar-refractivity contribution < 1.29 is 4.79 Å². The minimum absolute atomic E-state index is 0.0566. The zero-order chi connectivity index (χ0) is 18.8. The van der Waals surface area contributed by atoms with Crippen LogP contribution in [0.3, 0.4) is 0 Å². The lowest BCUT2D eigenvalue weighted by molar-refractivity contribution is 0.102. The quantitative estimate of drug-likeness (QED) is 0.460. The number of rotatable bonds is 5. The fraction of sp³-hybridized carbons (Fsp3) is 0.143. The number of H-pyrrole nitrogens is 1. The van der Waals surface area contributed by atoms with Crippen LogP contribution in [0.25, 0.3) is 21.5 Å². The highest BCUT2D eigenvalue weighted by Gasteiger charge is 2.16. The summed E-state index contributed by atoms with van der Waals surface area (Å²) in [6.07, 6.45) is 4.32. The van der Waals surface area contributed by atoms with Gasteiger partial charge in [-0.1, -0.05) is 19.1 Å². The van der Waals surface area contributed by atoms with Gasteiger partial charge in [-0.2, -0.15) is 0 Å². The van der Waals surface area contributed by atoms with Crippen LogP contribution in [0.5, 0.6) is 0 Å². The van der Waals surface area contributed by atoms with Crippen molar-refractivity contribution in [3.05, 3.63) is 71.4 Å². The normalized spacial score (nSPS) is 12.2. The summed E-state index contributed by atoms with van der Waals surface area (Å²) in [6.45, 7) is 2.06. The third kappa shape index (κ3) is 3.37. The summed E-state index contributed by atoms with van der Waals surface area (Å²) >= 11 is 1.65. The van der Waals surface area contributed by atoms with Crippen LogP contribution in [-0.4, -0.2) is 15.9 Å². The Hall–Kier alpha value is -2.96. The first kappa shape index (κ1) is 17.5. The van der Waals surface area contributed by atoms with E-state index in [1.165, 1.54) is 0 Å². The number of fused-ring (bicyclic) bond motifs is 1. The second-order valence-corrected chi connectivity index (χ2v) is 7.29. The van der Waals surface area contributed by atoms with E-state index in [9.17, 15) is 4.79 Å².